The first-order chi connectivity index (χ1) is 11.2. The third kappa shape index (κ3) is 7.18. The maximum atomic E-state index is 11.1. The predicted octanol–water partition coefficient (Wildman–Crippen LogP) is 1.92. The first-order valence-corrected chi connectivity index (χ1v) is 8.78. The minimum absolute atomic E-state index is 0.313. The van der Waals surface area contributed by atoms with E-state index in [4.69, 9.17) is 4.42 Å². The van der Waals surface area contributed by atoms with Crippen molar-refractivity contribution >= 4 is 41.2 Å². The van der Waals surface area contributed by atoms with Crippen LogP contribution in [0.1, 0.15) is 33.6 Å². The Bertz CT molecular complexity index is 521. The Morgan fingerprint density at radius 1 is 1.42 bits per heavy atom. The van der Waals surface area contributed by atoms with Gasteiger partial charge in [-0.15, -0.1) is 0 Å². The number of hydrogen-bond acceptors (Lipinski definition) is 6. The van der Waals surface area contributed by atoms with Gasteiger partial charge < -0.3 is 24.5 Å². The van der Waals surface area contributed by atoms with Crippen LogP contribution in [-0.4, -0.2) is 48.8 Å². The third-order valence-corrected chi connectivity index (χ3v) is 4.24. The number of carbonyl (C=O) groups is 2. The van der Waals surface area contributed by atoms with Gasteiger partial charge in [-0.3, -0.25) is 9.59 Å². The van der Waals surface area contributed by atoms with Crippen molar-refractivity contribution in [2.75, 3.05) is 24.5 Å². The number of anilines is 1. The van der Waals surface area contributed by atoms with Crippen LogP contribution in [-0.2, 0) is 14.3 Å². The van der Waals surface area contributed by atoms with Crippen LogP contribution in [0, 0.1) is 3.77 Å². The van der Waals surface area contributed by atoms with Crippen LogP contribution >= 0.6 is 22.6 Å². The second kappa shape index (κ2) is 9.38. The largest absolute Gasteiger partial charge is 0.462 e. The summed E-state index contributed by atoms with van der Waals surface area (Å²) in [6.07, 6.45) is 3.60. The van der Waals surface area contributed by atoms with E-state index in [-0.39, 0.29) is 5.60 Å². The first kappa shape index (κ1) is 20.9. The minimum atomic E-state index is -0.799. The Labute approximate surface area is 155 Å². The fourth-order valence-corrected chi connectivity index (χ4v) is 2.82. The van der Waals surface area contributed by atoms with Gasteiger partial charge in [-0.2, -0.15) is 0 Å². The molecule has 0 aromatic carbocycles. The van der Waals surface area contributed by atoms with Gasteiger partial charge in [0.15, 0.2) is 3.77 Å². The molecule has 1 amide bonds. The molecule has 1 aromatic rings. The summed E-state index contributed by atoms with van der Waals surface area (Å²) in [7, 11) is 0. The number of rotatable bonds is 5. The molecule has 0 atom stereocenters. The number of ether oxygens (including phenoxy) is 1. The zero-order valence-corrected chi connectivity index (χ0v) is 16.4. The van der Waals surface area contributed by atoms with Crippen LogP contribution < -0.4 is 10.2 Å². The topological polar surface area (TPSA) is 92.0 Å². The van der Waals surface area contributed by atoms with Crippen molar-refractivity contribution in [2.24, 2.45) is 0 Å². The average molecular weight is 452 g/mol. The molecule has 2 heterocycles. The van der Waals surface area contributed by atoms with Crippen molar-refractivity contribution in [3.05, 3.63) is 16.1 Å². The number of nitrogens with one attached hydrogen (secondary N) is 1. The molecule has 0 bridgehead atoms. The van der Waals surface area contributed by atoms with Gasteiger partial charge in [-0.1, -0.05) is 0 Å². The number of furan rings is 1. The molecule has 0 spiro atoms. The van der Waals surface area contributed by atoms with Gasteiger partial charge in [-0.25, -0.2) is 0 Å². The number of aliphatic hydroxyl groups is 1. The highest BCUT2D eigenvalue weighted by atomic mass is 127. The van der Waals surface area contributed by atoms with Crippen LogP contribution in [0.2, 0.25) is 0 Å². The molecule has 0 radical (unpaired) electrons. The summed E-state index contributed by atoms with van der Waals surface area (Å²) in [5.74, 6) is 0. The van der Waals surface area contributed by atoms with Gasteiger partial charge in [0.1, 0.15) is 5.60 Å². The first-order valence-electron chi connectivity index (χ1n) is 7.70. The SMILES string of the molecule is CC(C)(C)OC=O.O=CN(CC1(O)CCNCC1)c1ccoc1I. The summed E-state index contributed by atoms with van der Waals surface area (Å²) >= 11 is 2.03. The van der Waals surface area contributed by atoms with Gasteiger partial charge in [-0.05, 0) is 46.7 Å². The number of halogens is 1. The molecule has 24 heavy (non-hydrogen) atoms. The van der Waals surface area contributed by atoms with E-state index in [1.54, 1.807) is 12.3 Å². The van der Waals surface area contributed by atoms with E-state index in [1.807, 2.05) is 43.4 Å². The highest BCUT2D eigenvalue weighted by Crippen LogP contribution is 2.26. The lowest BCUT2D eigenvalue weighted by molar-refractivity contribution is -0.138. The standard InChI is InChI=1S/C11H15IN2O3.C5H10O2/c12-10-9(1-6-17-10)14(8-15)7-11(16)2-4-13-5-3-11;1-5(2,3)7-4-6/h1,6,8,13,16H,2-5,7H2;4H,1-3H3. The lowest BCUT2D eigenvalue weighted by atomic mass is 9.92. The van der Waals surface area contributed by atoms with Crippen molar-refractivity contribution < 1.29 is 23.8 Å². The monoisotopic (exact) mass is 452 g/mol. The number of nitrogens with zero attached hydrogens (tertiary/aromatic N) is 1. The summed E-state index contributed by atoms with van der Waals surface area (Å²) in [5, 5.41) is 13.6. The summed E-state index contributed by atoms with van der Waals surface area (Å²) in [4.78, 5) is 22.2. The molecule has 136 valence electrons. The fourth-order valence-electron chi connectivity index (χ4n) is 2.18. The normalized spacial score (nSPS) is 16.5. The molecule has 1 aliphatic rings. The van der Waals surface area contributed by atoms with E-state index < -0.39 is 5.60 Å². The zero-order valence-electron chi connectivity index (χ0n) is 14.3. The van der Waals surface area contributed by atoms with E-state index >= 15 is 0 Å². The van der Waals surface area contributed by atoms with Crippen molar-refractivity contribution in [1.29, 1.82) is 0 Å². The van der Waals surface area contributed by atoms with E-state index in [9.17, 15) is 14.7 Å². The molecule has 0 aliphatic carbocycles. The molecule has 1 aromatic heterocycles. The Hall–Kier alpha value is -1.13. The molecule has 1 saturated heterocycles. The molecule has 2 N–H and O–H groups in total. The zero-order chi connectivity index (χ0) is 18.2. The third-order valence-electron chi connectivity index (χ3n) is 3.44. The van der Waals surface area contributed by atoms with Crippen LogP contribution in [0.5, 0.6) is 0 Å². The average Bonchev–Trinajstić information content (AvgIpc) is 2.91. The van der Waals surface area contributed by atoms with Gasteiger partial charge in [0, 0.05) is 28.7 Å². The molecule has 2 rings (SSSR count). The predicted molar refractivity (Wildman–Crippen MR) is 98.8 cm³/mol. The van der Waals surface area contributed by atoms with Crippen molar-refractivity contribution in [3.63, 3.8) is 0 Å². The molecular formula is C16H25IN2O5. The van der Waals surface area contributed by atoms with Crippen LogP contribution in [0.3, 0.4) is 0 Å². The van der Waals surface area contributed by atoms with Crippen molar-refractivity contribution in [2.45, 2.75) is 44.8 Å². The van der Waals surface area contributed by atoms with Gasteiger partial charge in [0.05, 0.1) is 24.1 Å². The number of carbonyl (C=O) groups excluding carboxylic acids is 2. The molecule has 7 nitrogen and oxygen atoms in total. The minimum Gasteiger partial charge on any atom is -0.462 e. The quantitative estimate of drug-likeness (QED) is 0.524. The summed E-state index contributed by atoms with van der Waals surface area (Å²) < 4.78 is 10.4. The molecule has 8 heteroatoms. The maximum absolute atomic E-state index is 11.1. The summed E-state index contributed by atoms with van der Waals surface area (Å²) in [6, 6.07) is 1.74. The molecule has 1 fully saturated rings. The smallest absolute Gasteiger partial charge is 0.293 e. The number of amides is 1. The van der Waals surface area contributed by atoms with Crippen LogP contribution in [0.4, 0.5) is 5.69 Å². The molecular weight excluding hydrogens is 427 g/mol. The maximum Gasteiger partial charge on any atom is 0.293 e. The number of hydrogen-bond donors (Lipinski definition) is 2. The Kier molecular flexibility index (Phi) is 8.17. The van der Waals surface area contributed by atoms with Gasteiger partial charge in [0.2, 0.25) is 6.41 Å². The summed E-state index contributed by atoms with van der Waals surface area (Å²) in [5.41, 5.74) is -0.401. The van der Waals surface area contributed by atoms with Gasteiger partial charge in [0.25, 0.3) is 6.47 Å². The lowest BCUT2D eigenvalue weighted by Gasteiger charge is -2.35. The molecule has 0 saturated carbocycles. The van der Waals surface area contributed by atoms with E-state index in [0.717, 1.165) is 19.5 Å². The van der Waals surface area contributed by atoms with Crippen molar-refractivity contribution in [1.82, 2.24) is 5.32 Å². The highest BCUT2D eigenvalue weighted by Gasteiger charge is 2.32. The molecule has 0 unspecified atom stereocenters. The second-order valence-corrected chi connectivity index (χ2v) is 7.59. The Balaban J connectivity index is 0.000000351. The summed E-state index contributed by atoms with van der Waals surface area (Å²) in [6.45, 7) is 7.80. The van der Waals surface area contributed by atoms with Crippen LogP contribution in [0.15, 0.2) is 16.7 Å². The Morgan fingerprint density at radius 3 is 2.42 bits per heavy atom. The molecule has 1 aliphatic heterocycles. The van der Waals surface area contributed by atoms with Crippen LogP contribution in [0.25, 0.3) is 0 Å². The van der Waals surface area contributed by atoms with Crippen molar-refractivity contribution in [3.8, 4) is 0 Å². The fraction of sp³-hybridized carbons (Fsp3) is 0.625. The van der Waals surface area contributed by atoms with E-state index in [1.165, 1.54) is 4.90 Å². The lowest BCUT2D eigenvalue weighted by Crippen LogP contribution is -2.49. The second-order valence-electron chi connectivity index (χ2n) is 6.61. The highest BCUT2D eigenvalue weighted by molar-refractivity contribution is 14.1. The van der Waals surface area contributed by atoms with Gasteiger partial charge >= 0.3 is 0 Å². The van der Waals surface area contributed by atoms with E-state index in [0.29, 0.717) is 35.3 Å². The van der Waals surface area contributed by atoms with E-state index in [2.05, 4.69) is 10.1 Å². The Morgan fingerprint density at radius 2 is 2.04 bits per heavy atom. The number of piperidine rings is 1.